The number of β-amino-alcohol motifs (C(OH)–C–C–N with tert-alkyl or cyclic N) is 1. The lowest BCUT2D eigenvalue weighted by atomic mass is 10.0. The summed E-state index contributed by atoms with van der Waals surface area (Å²) < 4.78 is 6.11. The van der Waals surface area contributed by atoms with Crippen molar-refractivity contribution >= 4 is 21.9 Å². The van der Waals surface area contributed by atoms with E-state index in [0.29, 0.717) is 13.1 Å². The number of likely N-dealkylation sites (N-methyl/N-ethyl adjacent to an activating group) is 1. The molecular formula is C20H24N2O2. The van der Waals surface area contributed by atoms with Crippen LogP contribution in [0.4, 0.5) is 0 Å². The number of likely N-dealkylation sites (tertiary alicyclic amines) is 1. The van der Waals surface area contributed by atoms with Crippen LogP contribution < -0.4 is 0 Å². The monoisotopic (exact) mass is 324 g/mol. The van der Waals surface area contributed by atoms with Crippen molar-refractivity contribution < 1.29 is 9.52 Å². The molecule has 0 unspecified atom stereocenters. The van der Waals surface area contributed by atoms with E-state index in [0.717, 1.165) is 30.7 Å². The number of fused-ring (bicyclic) bond motifs is 3. The topological polar surface area (TPSA) is 39.9 Å². The molecule has 0 saturated carbocycles. The van der Waals surface area contributed by atoms with Crippen LogP contribution in [0.3, 0.4) is 0 Å². The minimum absolute atomic E-state index is 0.606. The molecule has 126 valence electrons. The average Bonchev–Trinajstić information content (AvgIpc) is 3.08. The van der Waals surface area contributed by atoms with Crippen molar-refractivity contribution in [3.63, 3.8) is 0 Å². The molecule has 1 aliphatic rings. The number of hydrogen-bond acceptors (Lipinski definition) is 4. The lowest BCUT2D eigenvalue weighted by molar-refractivity contribution is 0.0240. The minimum atomic E-state index is -0.606. The normalized spacial score (nSPS) is 22.2. The minimum Gasteiger partial charge on any atom is -0.456 e. The van der Waals surface area contributed by atoms with Gasteiger partial charge in [-0.1, -0.05) is 36.4 Å². The largest absolute Gasteiger partial charge is 0.456 e. The summed E-state index contributed by atoms with van der Waals surface area (Å²) in [7, 11) is 4.02. The maximum Gasteiger partial charge on any atom is 0.139 e. The second kappa shape index (κ2) is 5.88. The van der Waals surface area contributed by atoms with Crippen LogP contribution in [0.2, 0.25) is 0 Å². The first-order valence-electron chi connectivity index (χ1n) is 8.53. The van der Waals surface area contributed by atoms with Crippen molar-refractivity contribution in [2.24, 2.45) is 0 Å². The van der Waals surface area contributed by atoms with Crippen molar-refractivity contribution in [3.05, 3.63) is 48.0 Å². The summed E-state index contributed by atoms with van der Waals surface area (Å²) in [6, 6.07) is 14.5. The summed E-state index contributed by atoms with van der Waals surface area (Å²) in [6.07, 6.45) is 0.821. The maximum absolute atomic E-state index is 10.7. The van der Waals surface area contributed by atoms with Gasteiger partial charge in [0.25, 0.3) is 0 Å². The van der Waals surface area contributed by atoms with Crippen LogP contribution in [-0.2, 0) is 6.54 Å². The van der Waals surface area contributed by atoms with Crippen molar-refractivity contribution in [3.8, 4) is 0 Å². The lowest BCUT2D eigenvalue weighted by Gasteiger charge is -2.26. The van der Waals surface area contributed by atoms with E-state index in [1.54, 1.807) is 0 Å². The van der Waals surface area contributed by atoms with Crippen molar-refractivity contribution in [1.29, 1.82) is 0 Å². The Bertz CT molecular complexity index is 870. The van der Waals surface area contributed by atoms with E-state index >= 15 is 0 Å². The highest BCUT2D eigenvalue weighted by molar-refractivity contribution is 6.05. The number of para-hydroxylation sites is 2. The highest BCUT2D eigenvalue weighted by atomic mass is 16.3. The summed E-state index contributed by atoms with van der Waals surface area (Å²) in [5.41, 5.74) is 2.50. The van der Waals surface area contributed by atoms with Crippen LogP contribution in [0.1, 0.15) is 12.0 Å². The van der Waals surface area contributed by atoms with E-state index in [1.165, 1.54) is 16.3 Å². The van der Waals surface area contributed by atoms with E-state index in [2.05, 4.69) is 34.1 Å². The molecular weight excluding hydrogens is 300 g/mol. The van der Waals surface area contributed by atoms with E-state index in [4.69, 9.17) is 4.42 Å². The number of furan rings is 1. The number of benzene rings is 2. The van der Waals surface area contributed by atoms with Gasteiger partial charge in [0.1, 0.15) is 11.2 Å². The maximum atomic E-state index is 10.7. The molecule has 4 nitrogen and oxygen atoms in total. The molecule has 1 saturated heterocycles. The molecule has 1 aromatic heterocycles. The summed E-state index contributed by atoms with van der Waals surface area (Å²) in [4.78, 5) is 4.38. The van der Waals surface area contributed by atoms with Gasteiger partial charge in [0.05, 0.1) is 5.60 Å². The van der Waals surface area contributed by atoms with Gasteiger partial charge in [-0.2, -0.15) is 0 Å². The third-order valence-electron chi connectivity index (χ3n) is 4.90. The Labute approximate surface area is 142 Å². The van der Waals surface area contributed by atoms with Gasteiger partial charge in [-0.15, -0.1) is 0 Å². The van der Waals surface area contributed by atoms with Gasteiger partial charge in [0, 0.05) is 42.5 Å². The first-order chi connectivity index (χ1) is 11.5. The van der Waals surface area contributed by atoms with Gasteiger partial charge in [-0.05, 0) is 26.6 Å². The fourth-order valence-corrected chi connectivity index (χ4v) is 3.96. The summed E-state index contributed by atoms with van der Waals surface area (Å²) >= 11 is 0. The SMILES string of the molecule is CN(C)C[C@@]1(O)CCN(Cc2cccc3c2oc2ccccc23)C1. The predicted octanol–water partition coefficient (Wildman–Crippen LogP) is 3.08. The average molecular weight is 324 g/mol. The molecule has 3 aromatic rings. The van der Waals surface area contributed by atoms with E-state index in [-0.39, 0.29) is 0 Å². The Kier molecular flexibility index (Phi) is 3.83. The summed E-state index contributed by atoms with van der Waals surface area (Å²) in [6.45, 7) is 3.15. The van der Waals surface area contributed by atoms with Gasteiger partial charge >= 0.3 is 0 Å². The molecule has 2 aromatic carbocycles. The molecule has 1 fully saturated rings. The lowest BCUT2D eigenvalue weighted by Crippen LogP contribution is -2.42. The zero-order valence-corrected chi connectivity index (χ0v) is 14.3. The van der Waals surface area contributed by atoms with E-state index in [1.807, 2.05) is 32.3 Å². The van der Waals surface area contributed by atoms with Gasteiger partial charge in [0.2, 0.25) is 0 Å². The molecule has 0 amide bonds. The quantitative estimate of drug-likeness (QED) is 0.800. The Balaban J connectivity index is 1.61. The molecule has 1 atom stereocenters. The smallest absolute Gasteiger partial charge is 0.139 e. The third kappa shape index (κ3) is 2.81. The van der Waals surface area contributed by atoms with Crippen molar-refractivity contribution in [2.45, 2.75) is 18.6 Å². The van der Waals surface area contributed by atoms with Gasteiger partial charge < -0.3 is 14.4 Å². The van der Waals surface area contributed by atoms with Crippen LogP contribution in [0, 0.1) is 0 Å². The van der Waals surface area contributed by atoms with Crippen LogP contribution in [0.5, 0.6) is 0 Å². The Morgan fingerprint density at radius 2 is 1.92 bits per heavy atom. The van der Waals surface area contributed by atoms with Crippen LogP contribution in [0.15, 0.2) is 46.9 Å². The van der Waals surface area contributed by atoms with Crippen molar-refractivity contribution in [1.82, 2.24) is 9.80 Å². The third-order valence-corrected chi connectivity index (χ3v) is 4.90. The molecule has 2 heterocycles. The highest BCUT2D eigenvalue weighted by Crippen LogP contribution is 2.32. The molecule has 0 bridgehead atoms. The molecule has 0 radical (unpaired) electrons. The summed E-state index contributed by atoms with van der Waals surface area (Å²) in [5.74, 6) is 0. The zero-order chi connectivity index (χ0) is 16.7. The molecule has 0 spiro atoms. The first kappa shape index (κ1) is 15.6. The van der Waals surface area contributed by atoms with Crippen LogP contribution in [-0.4, -0.2) is 54.2 Å². The fraction of sp³-hybridized carbons (Fsp3) is 0.400. The van der Waals surface area contributed by atoms with Gasteiger partial charge in [-0.25, -0.2) is 0 Å². The molecule has 1 N–H and O–H groups in total. The van der Waals surface area contributed by atoms with Crippen LogP contribution in [0.25, 0.3) is 21.9 Å². The highest BCUT2D eigenvalue weighted by Gasteiger charge is 2.36. The van der Waals surface area contributed by atoms with Gasteiger partial charge in [0.15, 0.2) is 0 Å². The molecule has 4 heteroatoms. The predicted molar refractivity (Wildman–Crippen MR) is 97.1 cm³/mol. The van der Waals surface area contributed by atoms with Crippen molar-refractivity contribution in [2.75, 3.05) is 33.7 Å². The Morgan fingerprint density at radius 1 is 1.12 bits per heavy atom. The molecule has 4 rings (SSSR count). The molecule has 1 aliphatic heterocycles. The number of nitrogens with zero attached hydrogens (tertiary/aromatic N) is 2. The Hall–Kier alpha value is -1.88. The first-order valence-corrected chi connectivity index (χ1v) is 8.53. The molecule has 0 aliphatic carbocycles. The van der Waals surface area contributed by atoms with E-state index in [9.17, 15) is 5.11 Å². The van der Waals surface area contributed by atoms with E-state index < -0.39 is 5.60 Å². The zero-order valence-electron chi connectivity index (χ0n) is 14.3. The second-order valence-corrected chi connectivity index (χ2v) is 7.31. The van der Waals surface area contributed by atoms with Gasteiger partial charge in [-0.3, -0.25) is 4.90 Å². The number of aliphatic hydroxyl groups is 1. The summed E-state index contributed by atoms with van der Waals surface area (Å²) in [5, 5.41) is 13.1. The second-order valence-electron chi connectivity index (χ2n) is 7.31. The fourth-order valence-electron chi connectivity index (χ4n) is 3.96. The molecule has 24 heavy (non-hydrogen) atoms. The standard InChI is InChI=1S/C20H24N2O2/c1-21(2)13-20(23)10-11-22(14-20)12-15-6-5-8-17-16-7-3-4-9-18(16)24-19(15)17/h3-9,23H,10-14H2,1-2H3/t20-/m0/s1. The Morgan fingerprint density at radius 3 is 2.75 bits per heavy atom. The number of hydrogen-bond donors (Lipinski definition) is 1. The van der Waals surface area contributed by atoms with Crippen LogP contribution >= 0.6 is 0 Å². The number of rotatable bonds is 4.